The van der Waals surface area contributed by atoms with Gasteiger partial charge in [-0.05, 0) is 23.4 Å². The van der Waals surface area contributed by atoms with Gasteiger partial charge in [0, 0.05) is 17.7 Å². The van der Waals surface area contributed by atoms with Crippen LogP contribution in [0.5, 0.6) is 0 Å². The monoisotopic (exact) mass is 303 g/mol. The number of sulfone groups is 1. The topological polar surface area (TPSA) is 91.8 Å². The molecule has 0 spiro atoms. The molecule has 1 aliphatic heterocycles. The number of hydrogen-bond acceptors (Lipinski definition) is 5. The molecule has 8 heteroatoms. The van der Waals surface area contributed by atoms with Crippen molar-refractivity contribution in [2.45, 2.75) is 12.5 Å². The number of aliphatic carboxylic acids is 1. The lowest BCUT2D eigenvalue weighted by molar-refractivity contribution is -0.150. The van der Waals surface area contributed by atoms with Crippen molar-refractivity contribution in [3.63, 3.8) is 0 Å². The molecule has 0 saturated heterocycles. The molecular formula is C11H13NO5S2. The fourth-order valence-electron chi connectivity index (χ4n) is 2.16. The second kappa shape index (κ2) is 4.93. The first-order valence-electron chi connectivity index (χ1n) is 5.56. The first kappa shape index (κ1) is 14.0. The maximum absolute atomic E-state index is 11.9. The molecule has 1 atom stereocenters. The molecule has 0 aliphatic carbocycles. The highest BCUT2D eigenvalue weighted by atomic mass is 32.2. The van der Waals surface area contributed by atoms with Gasteiger partial charge in [-0.15, -0.1) is 11.3 Å². The zero-order chi connectivity index (χ0) is 14.2. The van der Waals surface area contributed by atoms with Crippen LogP contribution in [-0.4, -0.2) is 48.9 Å². The molecule has 2 rings (SSSR count). The number of carboxylic acid groups (broad SMARTS) is 1. The molecule has 1 unspecified atom stereocenters. The van der Waals surface area contributed by atoms with E-state index in [9.17, 15) is 23.1 Å². The predicted octanol–water partition coefficient (Wildman–Crippen LogP) is 0.303. The van der Waals surface area contributed by atoms with E-state index in [0.29, 0.717) is 12.0 Å². The summed E-state index contributed by atoms with van der Waals surface area (Å²) < 4.78 is 22.3. The Balaban J connectivity index is 2.32. The van der Waals surface area contributed by atoms with Gasteiger partial charge >= 0.3 is 5.97 Å². The molecule has 2 heterocycles. The van der Waals surface area contributed by atoms with Crippen LogP contribution in [0, 0.1) is 0 Å². The van der Waals surface area contributed by atoms with E-state index < -0.39 is 33.5 Å². The highest BCUT2D eigenvalue weighted by Crippen LogP contribution is 2.33. The smallest absolute Gasteiger partial charge is 0.331 e. The minimum atomic E-state index is -3.47. The van der Waals surface area contributed by atoms with Gasteiger partial charge in [0.2, 0.25) is 5.91 Å². The third-order valence-electron chi connectivity index (χ3n) is 2.91. The predicted molar refractivity (Wildman–Crippen MR) is 69.8 cm³/mol. The minimum Gasteiger partial charge on any atom is -0.479 e. The molecule has 104 valence electrons. The first-order chi connectivity index (χ1) is 8.79. The average Bonchev–Trinajstić information content (AvgIpc) is 2.72. The Morgan fingerprint density at radius 3 is 2.79 bits per heavy atom. The second-order valence-electron chi connectivity index (χ2n) is 4.45. The van der Waals surface area contributed by atoms with Gasteiger partial charge in [0.15, 0.2) is 15.9 Å². The van der Waals surface area contributed by atoms with E-state index in [4.69, 9.17) is 0 Å². The zero-order valence-electron chi connectivity index (χ0n) is 10.2. The Kier molecular flexibility index (Phi) is 3.64. The van der Waals surface area contributed by atoms with Gasteiger partial charge in [0.25, 0.3) is 0 Å². The molecule has 1 N–H and O–H groups in total. The van der Waals surface area contributed by atoms with E-state index in [1.807, 2.05) is 0 Å². The lowest BCUT2D eigenvalue weighted by Crippen LogP contribution is -2.45. The summed E-state index contributed by atoms with van der Waals surface area (Å²) >= 11 is 1.45. The second-order valence-corrected chi connectivity index (χ2v) is 7.59. The third kappa shape index (κ3) is 2.95. The number of hydrogen-bond donors (Lipinski definition) is 1. The van der Waals surface area contributed by atoms with Crippen LogP contribution in [-0.2, 0) is 25.8 Å². The summed E-state index contributed by atoms with van der Waals surface area (Å²) in [5.41, 5.74) is 0.589. The number of carboxylic acids is 1. The number of rotatable bonds is 3. The molecule has 0 aromatic carbocycles. The van der Waals surface area contributed by atoms with E-state index in [2.05, 4.69) is 0 Å². The van der Waals surface area contributed by atoms with Crippen LogP contribution < -0.4 is 0 Å². The van der Waals surface area contributed by atoms with Gasteiger partial charge < -0.3 is 10.0 Å². The quantitative estimate of drug-likeness (QED) is 0.867. The Labute approximate surface area is 114 Å². The lowest BCUT2D eigenvalue weighted by atomic mass is 10.00. The summed E-state index contributed by atoms with van der Waals surface area (Å²) in [7, 11) is -3.47. The SMILES string of the molecule is CS(=O)(=O)CC(=O)N1CCc2sccc2C1C(=O)O. The van der Waals surface area contributed by atoms with E-state index >= 15 is 0 Å². The van der Waals surface area contributed by atoms with Crippen LogP contribution in [0.4, 0.5) is 0 Å². The van der Waals surface area contributed by atoms with E-state index in [0.717, 1.165) is 16.0 Å². The third-order valence-corrected chi connectivity index (χ3v) is 4.67. The summed E-state index contributed by atoms with van der Waals surface area (Å²) in [5.74, 6) is -2.45. The number of nitrogens with zero attached hydrogens (tertiary/aromatic N) is 1. The van der Waals surface area contributed by atoms with Gasteiger partial charge in [-0.1, -0.05) is 0 Å². The molecular weight excluding hydrogens is 290 g/mol. The highest BCUT2D eigenvalue weighted by Gasteiger charge is 2.37. The Morgan fingerprint density at radius 1 is 1.53 bits per heavy atom. The van der Waals surface area contributed by atoms with Crippen molar-refractivity contribution in [1.29, 1.82) is 0 Å². The minimum absolute atomic E-state index is 0.235. The number of fused-ring (bicyclic) bond motifs is 1. The molecule has 0 bridgehead atoms. The fourth-order valence-corrected chi connectivity index (χ4v) is 3.68. The number of amides is 1. The van der Waals surface area contributed by atoms with Crippen LogP contribution >= 0.6 is 11.3 Å². The van der Waals surface area contributed by atoms with Crippen molar-refractivity contribution in [3.8, 4) is 0 Å². The van der Waals surface area contributed by atoms with Crippen LogP contribution in [0.15, 0.2) is 11.4 Å². The number of thiophene rings is 1. The van der Waals surface area contributed by atoms with Crippen LogP contribution in [0.2, 0.25) is 0 Å². The maximum Gasteiger partial charge on any atom is 0.331 e. The number of carbonyl (C=O) groups is 2. The molecule has 1 aromatic rings. The van der Waals surface area contributed by atoms with E-state index in [-0.39, 0.29) is 6.54 Å². The Bertz CT molecular complexity index is 619. The van der Waals surface area contributed by atoms with Crippen molar-refractivity contribution in [3.05, 3.63) is 21.9 Å². The zero-order valence-corrected chi connectivity index (χ0v) is 11.8. The maximum atomic E-state index is 11.9. The molecule has 1 aliphatic rings. The largest absolute Gasteiger partial charge is 0.479 e. The molecule has 1 aromatic heterocycles. The fraction of sp³-hybridized carbons (Fsp3) is 0.455. The summed E-state index contributed by atoms with van der Waals surface area (Å²) in [6.45, 7) is 0.235. The van der Waals surface area contributed by atoms with Gasteiger partial charge in [-0.25, -0.2) is 13.2 Å². The average molecular weight is 303 g/mol. The van der Waals surface area contributed by atoms with Gasteiger partial charge in [-0.3, -0.25) is 4.79 Å². The van der Waals surface area contributed by atoms with Crippen molar-refractivity contribution in [2.24, 2.45) is 0 Å². The summed E-state index contributed by atoms with van der Waals surface area (Å²) in [5, 5.41) is 11.1. The van der Waals surface area contributed by atoms with Crippen molar-refractivity contribution in [1.82, 2.24) is 4.90 Å². The summed E-state index contributed by atoms with van der Waals surface area (Å²) in [6, 6.07) is 0.600. The molecule has 0 radical (unpaired) electrons. The van der Waals surface area contributed by atoms with Gasteiger partial charge in [0.05, 0.1) is 0 Å². The summed E-state index contributed by atoms with van der Waals surface area (Å²) in [4.78, 5) is 25.4. The molecule has 0 fully saturated rings. The highest BCUT2D eigenvalue weighted by molar-refractivity contribution is 7.91. The van der Waals surface area contributed by atoms with Crippen LogP contribution in [0.25, 0.3) is 0 Å². The number of carbonyl (C=O) groups excluding carboxylic acids is 1. The molecule has 6 nitrogen and oxygen atoms in total. The van der Waals surface area contributed by atoms with Crippen molar-refractivity contribution < 1.29 is 23.1 Å². The molecule has 0 saturated carbocycles. The Hall–Kier alpha value is -1.41. The molecule has 1 amide bonds. The van der Waals surface area contributed by atoms with E-state index in [1.54, 1.807) is 11.4 Å². The van der Waals surface area contributed by atoms with Crippen molar-refractivity contribution >= 4 is 33.1 Å². The standard InChI is InChI=1S/C11H13NO5S2/c1-19(16,17)6-9(13)12-4-2-8-7(3-5-18-8)10(12)11(14)15/h3,5,10H,2,4,6H2,1H3,(H,14,15). The Morgan fingerprint density at radius 2 is 2.21 bits per heavy atom. The molecule has 19 heavy (non-hydrogen) atoms. The summed E-state index contributed by atoms with van der Waals surface area (Å²) in [6.07, 6.45) is 1.52. The lowest BCUT2D eigenvalue weighted by Gasteiger charge is -2.33. The van der Waals surface area contributed by atoms with Gasteiger partial charge in [0.1, 0.15) is 5.75 Å². The first-order valence-corrected chi connectivity index (χ1v) is 8.50. The van der Waals surface area contributed by atoms with Crippen LogP contribution in [0.1, 0.15) is 16.5 Å². The van der Waals surface area contributed by atoms with Crippen molar-refractivity contribution in [2.75, 3.05) is 18.6 Å². The van der Waals surface area contributed by atoms with Crippen LogP contribution in [0.3, 0.4) is 0 Å². The van der Waals surface area contributed by atoms with E-state index in [1.165, 1.54) is 11.3 Å². The van der Waals surface area contributed by atoms with Gasteiger partial charge in [-0.2, -0.15) is 0 Å². The normalized spacial score (nSPS) is 19.0.